The van der Waals surface area contributed by atoms with E-state index < -0.39 is 6.10 Å². The maximum Gasteiger partial charge on any atom is 0.262 e. The standard InChI is InChI=1S/C16H23N3O3/c1-4-9-18-16(21)14-10-19(11(2)15(20)17-3)12-7-5-6-8-13(12)22-14/h5-8,11,14H,4,9-10H2,1-3H3,(H,17,20)(H,18,21)/t11-,14+/m0/s1. The van der Waals surface area contributed by atoms with Crippen LogP contribution >= 0.6 is 0 Å². The van der Waals surface area contributed by atoms with Crippen LogP contribution < -0.4 is 20.3 Å². The maximum atomic E-state index is 12.2. The molecule has 22 heavy (non-hydrogen) atoms. The number of ether oxygens (including phenoxy) is 1. The lowest BCUT2D eigenvalue weighted by molar-refractivity contribution is -0.128. The second kappa shape index (κ2) is 7.15. The summed E-state index contributed by atoms with van der Waals surface area (Å²) in [5.74, 6) is 0.385. The number of anilines is 1. The maximum absolute atomic E-state index is 12.2. The molecular formula is C16H23N3O3. The van der Waals surface area contributed by atoms with E-state index in [-0.39, 0.29) is 17.9 Å². The number of likely N-dealkylation sites (N-methyl/N-ethyl adjacent to an activating group) is 1. The van der Waals surface area contributed by atoms with Gasteiger partial charge in [-0.3, -0.25) is 9.59 Å². The molecule has 1 heterocycles. The number of amides is 2. The van der Waals surface area contributed by atoms with Crippen molar-refractivity contribution in [2.45, 2.75) is 32.4 Å². The summed E-state index contributed by atoms with van der Waals surface area (Å²) in [6, 6.07) is 7.08. The quantitative estimate of drug-likeness (QED) is 0.848. The molecule has 2 atom stereocenters. The number of fused-ring (bicyclic) bond motifs is 1. The van der Waals surface area contributed by atoms with Gasteiger partial charge in [-0.2, -0.15) is 0 Å². The number of rotatable bonds is 5. The third-order valence-corrected chi connectivity index (χ3v) is 3.74. The highest BCUT2D eigenvalue weighted by Crippen LogP contribution is 2.34. The predicted octanol–water partition coefficient (Wildman–Crippen LogP) is 0.915. The molecule has 0 fully saturated rings. The number of nitrogens with one attached hydrogen (secondary N) is 2. The van der Waals surface area contributed by atoms with Crippen LogP contribution in [-0.4, -0.2) is 44.1 Å². The Morgan fingerprint density at radius 2 is 2.14 bits per heavy atom. The zero-order chi connectivity index (χ0) is 16.1. The van der Waals surface area contributed by atoms with Crippen LogP contribution in [0, 0.1) is 0 Å². The molecule has 0 aromatic heterocycles. The molecule has 0 saturated heterocycles. The predicted molar refractivity (Wildman–Crippen MR) is 85.0 cm³/mol. The highest BCUT2D eigenvalue weighted by atomic mass is 16.5. The van der Waals surface area contributed by atoms with E-state index in [1.807, 2.05) is 43.0 Å². The first kappa shape index (κ1) is 16.1. The van der Waals surface area contributed by atoms with Crippen molar-refractivity contribution in [3.63, 3.8) is 0 Å². The van der Waals surface area contributed by atoms with E-state index in [2.05, 4.69) is 10.6 Å². The Kier molecular flexibility index (Phi) is 5.25. The van der Waals surface area contributed by atoms with E-state index in [1.165, 1.54) is 0 Å². The lowest BCUT2D eigenvalue weighted by Crippen LogP contribution is -2.54. The second-order valence-electron chi connectivity index (χ2n) is 5.31. The van der Waals surface area contributed by atoms with E-state index >= 15 is 0 Å². The minimum Gasteiger partial charge on any atom is -0.477 e. The Morgan fingerprint density at radius 1 is 1.41 bits per heavy atom. The van der Waals surface area contributed by atoms with Crippen LogP contribution in [0.4, 0.5) is 5.69 Å². The van der Waals surface area contributed by atoms with E-state index in [0.29, 0.717) is 18.8 Å². The van der Waals surface area contributed by atoms with Gasteiger partial charge < -0.3 is 20.3 Å². The smallest absolute Gasteiger partial charge is 0.262 e. The number of benzene rings is 1. The van der Waals surface area contributed by atoms with Crippen LogP contribution in [0.3, 0.4) is 0 Å². The van der Waals surface area contributed by atoms with Crippen molar-refractivity contribution >= 4 is 17.5 Å². The molecule has 0 spiro atoms. The minimum atomic E-state index is -0.617. The fourth-order valence-electron chi connectivity index (χ4n) is 2.48. The Bertz CT molecular complexity index is 547. The number of hydrogen-bond donors (Lipinski definition) is 2. The molecule has 2 rings (SSSR count). The lowest BCUT2D eigenvalue weighted by Gasteiger charge is -2.38. The van der Waals surface area contributed by atoms with Gasteiger partial charge in [0, 0.05) is 13.6 Å². The van der Waals surface area contributed by atoms with Gasteiger partial charge in [0.05, 0.1) is 12.2 Å². The molecule has 6 heteroatoms. The molecule has 0 radical (unpaired) electrons. The van der Waals surface area contributed by atoms with Gasteiger partial charge in [0.15, 0.2) is 6.10 Å². The molecule has 0 unspecified atom stereocenters. The average molecular weight is 305 g/mol. The lowest BCUT2D eigenvalue weighted by atomic mass is 10.1. The van der Waals surface area contributed by atoms with Gasteiger partial charge in [0.2, 0.25) is 5.91 Å². The van der Waals surface area contributed by atoms with Gasteiger partial charge in [-0.1, -0.05) is 19.1 Å². The molecule has 6 nitrogen and oxygen atoms in total. The minimum absolute atomic E-state index is 0.0931. The van der Waals surface area contributed by atoms with Gasteiger partial charge in [-0.25, -0.2) is 0 Å². The van der Waals surface area contributed by atoms with Crippen molar-refractivity contribution in [2.24, 2.45) is 0 Å². The Labute approximate surface area is 130 Å². The third-order valence-electron chi connectivity index (χ3n) is 3.74. The van der Waals surface area contributed by atoms with Crippen LogP contribution in [0.2, 0.25) is 0 Å². The Morgan fingerprint density at radius 3 is 2.82 bits per heavy atom. The van der Waals surface area contributed by atoms with E-state index in [9.17, 15) is 9.59 Å². The molecule has 120 valence electrons. The van der Waals surface area contributed by atoms with Gasteiger partial charge in [0.1, 0.15) is 11.8 Å². The topological polar surface area (TPSA) is 70.7 Å². The van der Waals surface area contributed by atoms with Crippen LogP contribution in [-0.2, 0) is 9.59 Å². The summed E-state index contributed by atoms with van der Waals surface area (Å²) in [5.41, 5.74) is 0.832. The summed E-state index contributed by atoms with van der Waals surface area (Å²) in [5, 5.41) is 5.49. The highest BCUT2D eigenvalue weighted by molar-refractivity contribution is 5.88. The molecule has 1 aliphatic rings. The van der Waals surface area contributed by atoms with Gasteiger partial charge in [-0.05, 0) is 25.5 Å². The van der Waals surface area contributed by atoms with Crippen LogP contribution in [0.5, 0.6) is 5.75 Å². The van der Waals surface area contributed by atoms with Crippen molar-refractivity contribution in [1.29, 1.82) is 0 Å². The van der Waals surface area contributed by atoms with Crippen LogP contribution in [0.1, 0.15) is 20.3 Å². The van der Waals surface area contributed by atoms with Crippen LogP contribution in [0.15, 0.2) is 24.3 Å². The van der Waals surface area contributed by atoms with Crippen molar-refractivity contribution in [1.82, 2.24) is 10.6 Å². The van der Waals surface area contributed by atoms with Crippen molar-refractivity contribution < 1.29 is 14.3 Å². The molecule has 1 aromatic rings. The van der Waals surface area contributed by atoms with Crippen molar-refractivity contribution in [3.05, 3.63) is 24.3 Å². The molecular weight excluding hydrogens is 282 g/mol. The van der Waals surface area contributed by atoms with Gasteiger partial charge in [-0.15, -0.1) is 0 Å². The summed E-state index contributed by atoms with van der Waals surface area (Å²) < 4.78 is 5.80. The summed E-state index contributed by atoms with van der Waals surface area (Å²) >= 11 is 0. The molecule has 0 bridgehead atoms. The zero-order valence-corrected chi connectivity index (χ0v) is 13.3. The van der Waals surface area contributed by atoms with E-state index in [4.69, 9.17) is 4.74 Å². The number of para-hydroxylation sites is 2. The molecule has 2 amide bonds. The first-order valence-corrected chi connectivity index (χ1v) is 7.60. The molecule has 1 aromatic carbocycles. The Balaban J connectivity index is 2.24. The SMILES string of the molecule is CCCNC(=O)[C@H]1CN([C@@H](C)C(=O)NC)c2ccccc2O1. The van der Waals surface area contributed by atoms with Crippen LogP contribution in [0.25, 0.3) is 0 Å². The third kappa shape index (κ3) is 3.32. The van der Waals surface area contributed by atoms with Gasteiger partial charge in [0.25, 0.3) is 5.91 Å². The summed E-state index contributed by atoms with van der Waals surface area (Å²) in [6.07, 6.45) is 0.251. The largest absolute Gasteiger partial charge is 0.477 e. The highest BCUT2D eigenvalue weighted by Gasteiger charge is 2.34. The first-order valence-electron chi connectivity index (χ1n) is 7.60. The molecule has 0 saturated carbocycles. The zero-order valence-electron chi connectivity index (χ0n) is 13.3. The number of nitrogens with zero attached hydrogens (tertiary/aromatic N) is 1. The van der Waals surface area contributed by atoms with Crippen molar-refractivity contribution in [3.8, 4) is 5.75 Å². The summed E-state index contributed by atoms with van der Waals surface area (Å²) in [6.45, 7) is 4.78. The Hall–Kier alpha value is -2.24. The first-order chi connectivity index (χ1) is 10.6. The second-order valence-corrected chi connectivity index (χ2v) is 5.31. The molecule has 1 aliphatic heterocycles. The monoisotopic (exact) mass is 305 g/mol. The summed E-state index contributed by atoms with van der Waals surface area (Å²) in [7, 11) is 1.61. The van der Waals surface area contributed by atoms with Crippen molar-refractivity contribution in [2.75, 3.05) is 25.0 Å². The van der Waals surface area contributed by atoms with E-state index in [1.54, 1.807) is 7.05 Å². The normalized spacial score (nSPS) is 18.0. The fourth-order valence-corrected chi connectivity index (χ4v) is 2.48. The van der Waals surface area contributed by atoms with Gasteiger partial charge >= 0.3 is 0 Å². The van der Waals surface area contributed by atoms with E-state index in [0.717, 1.165) is 12.1 Å². The fraction of sp³-hybridized carbons (Fsp3) is 0.500. The molecule has 0 aliphatic carbocycles. The number of hydrogen-bond acceptors (Lipinski definition) is 4. The number of carbonyl (C=O) groups is 2. The molecule has 2 N–H and O–H groups in total. The number of carbonyl (C=O) groups excluding carboxylic acids is 2. The average Bonchev–Trinajstić information content (AvgIpc) is 2.57. The summed E-state index contributed by atoms with van der Waals surface area (Å²) in [4.78, 5) is 26.1.